The Labute approximate surface area is 118 Å². The highest BCUT2D eigenvalue weighted by Crippen LogP contribution is 2.09. The van der Waals surface area contributed by atoms with E-state index in [9.17, 15) is 0 Å². The first kappa shape index (κ1) is 16.2. The van der Waals surface area contributed by atoms with Crippen LogP contribution < -0.4 is 11.1 Å². The van der Waals surface area contributed by atoms with E-state index in [0.29, 0.717) is 0 Å². The van der Waals surface area contributed by atoms with Crippen molar-refractivity contribution in [2.24, 2.45) is 5.73 Å². The standard InChI is InChI=1S/C17H30N2/c18-14-10-16-19-15-9-4-2-1-3-6-11-17-12-7-5-8-13-17/h5,7-8,12-13,19H,1-4,6,9-11,14-16,18H2. The largest absolute Gasteiger partial charge is 0.330 e. The van der Waals surface area contributed by atoms with Gasteiger partial charge in [-0.1, -0.05) is 56.0 Å². The Morgan fingerprint density at radius 3 is 2.11 bits per heavy atom. The second kappa shape index (κ2) is 12.2. The lowest BCUT2D eigenvalue weighted by Crippen LogP contribution is -2.19. The summed E-state index contributed by atoms with van der Waals surface area (Å²) in [4.78, 5) is 0. The molecule has 0 bridgehead atoms. The molecule has 0 saturated carbocycles. The summed E-state index contributed by atoms with van der Waals surface area (Å²) in [6.45, 7) is 3.03. The zero-order valence-electron chi connectivity index (χ0n) is 12.2. The molecule has 0 atom stereocenters. The Bertz CT molecular complexity index is 285. The van der Waals surface area contributed by atoms with E-state index in [4.69, 9.17) is 5.73 Å². The van der Waals surface area contributed by atoms with Gasteiger partial charge in [0.15, 0.2) is 0 Å². The van der Waals surface area contributed by atoms with Crippen LogP contribution in [0.25, 0.3) is 0 Å². The molecule has 3 N–H and O–H groups in total. The fraction of sp³-hybridized carbons (Fsp3) is 0.647. The van der Waals surface area contributed by atoms with Crippen molar-refractivity contribution in [3.05, 3.63) is 35.9 Å². The van der Waals surface area contributed by atoms with Crippen LogP contribution in [0.15, 0.2) is 30.3 Å². The van der Waals surface area contributed by atoms with Crippen LogP contribution in [0, 0.1) is 0 Å². The summed E-state index contributed by atoms with van der Waals surface area (Å²) < 4.78 is 0. The molecule has 0 aliphatic heterocycles. The maximum Gasteiger partial charge on any atom is -0.00369 e. The minimum atomic E-state index is 0.800. The molecular formula is C17H30N2. The molecule has 0 radical (unpaired) electrons. The first-order valence-corrected chi connectivity index (χ1v) is 7.88. The highest BCUT2D eigenvalue weighted by atomic mass is 14.8. The predicted molar refractivity (Wildman–Crippen MR) is 84.4 cm³/mol. The third-order valence-corrected chi connectivity index (χ3v) is 3.47. The van der Waals surface area contributed by atoms with Gasteiger partial charge in [-0.3, -0.25) is 0 Å². The van der Waals surface area contributed by atoms with Gasteiger partial charge in [-0.2, -0.15) is 0 Å². The van der Waals surface area contributed by atoms with Gasteiger partial charge in [-0.05, 0) is 50.9 Å². The van der Waals surface area contributed by atoms with Crippen LogP contribution in [-0.4, -0.2) is 19.6 Å². The Morgan fingerprint density at radius 2 is 1.37 bits per heavy atom. The molecule has 0 fully saturated rings. The summed E-state index contributed by atoms with van der Waals surface area (Å²) in [5.41, 5.74) is 6.92. The molecule has 1 rings (SSSR count). The highest BCUT2D eigenvalue weighted by Gasteiger charge is 1.94. The van der Waals surface area contributed by atoms with E-state index in [-0.39, 0.29) is 0 Å². The maximum atomic E-state index is 5.44. The summed E-state index contributed by atoms with van der Waals surface area (Å²) in [5, 5.41) is 3.43. The smallest absolute Gasteiger partial charge is 0.00369 e. The van der Waals surface area contributed by atoms with Crippen molar-refractivity contribution >= 4 is 0 Å². The highest BCUT2D eigenvalue weighted by molar-refractivity contribution is 5.14. The monoisotopic (exact) mass is 262 g/mol. The quantitative estimate of drug-likeness (QED) is 0.566. The zero-order chi connectivity index (χ0) is 13.6. The molecule has 0 heterocycles. The number of benzene rings is 1. The van der Waals surface area contributed by atoms with Gasteiger partial charge in [0.2, 0.25) is 0 Å². The van der Waals surface area contributed by atoms with Crippen molar-refractivity contribution < 1.29 is 0 Å². The van der Waals surface area contributed by atoms with Crippen LogP contribution in [0.4, 0.5) is 0 Å². The average Bonchev–Trinajstić information content (AvgIpc) is 2.46. The molecule has 0 aliphatic carbocycles. The predicted octanol–water partition coefficient (Wildman–Crippen LogP) is 3.51. The number of hydrogen-bond donors (Lipinski definition) is 2. The Morgan fingerprint density at radius 1 is 0.737 bits per heavy atom. The summed E-state index contributed by atoms with van der Waals surface area (Å²) in [7, 11) is 0. The van der Waals surface area contributed by atoms with Crippen LogP contribution in [0.1, 0.15) is 50.5 Å². The number of aryl methyl sites for hydroxylation is 1. The summed E-state index contributed by atoms with van der Waals surface area (Å²) >= 11 is 0. The molecule has 0 saturated heterocycles. The Hall–Kier alpha value is -0.860. The number of hydrogen-bond acceptors (Lipinski definition) is 2. The van der Waals surface area contributed by atoms with E-state index >= 15 is 0 Å². The second-order valence-corrected chi connectivity index (χ2v) is 5.25. The van der Waals surface area contributed by atoms with Crippen molar-refractivity contribution in [3.63, 3.8) is 0 Å². The van der Waals surface area contributed by atoms with Gasteiger partial charge >= 0.3 is 0 Å². The first-order chi connectivity index (χ1) is 9.43. The van der Waals surface area contributed by atoms with Gasteiger partial charge in [0.1, 0.15) is 0 Å². The van der Waals surface area contributed by atoms with E-state index in [0.717, 1.165) is 26.1 Å². The molecule has 1 aromatic carbocycles. The van der Waals surface area contributed by atoms with E-state index in [2.05, 4.69) is 35.6 Å². The normalized spacial score (nSPS) is 10.8. The average molecular weight is 262 g/mol. The number of unbranched alkanes of at least 4 members (excludes halogenated alkanes) is 5. The molecule has 0 amide bonds. The van der Waals surface area contributed by atoms with E-state index in [1.54, 1.807) is 0 Å². The molecule has 0 spiro atoms. The van der Waals surface area contributed by atoms with Crippen LogP contribution in [0.5, 0.6) is 0 Å². The van der Waals surface area contributed by atoms with E-state index in [1.807, 2.05) is 0 Å². The summed E-state index contributed by atoms with van der Waals surface area (Å²) in [6, 6.07) is 10.8. The van der Waals surface area contributed by atoms with Gasteiger partial charge in [0, 0.05) is 0 Å². The number of nitrogens with two attached hydrogens (primary N) is 1. The number of nitrogens with one attached hydrogen (secondary N) is 1. The third-order valence-electron chi connectivity index (χ3n) is 3.47. The van der Waals surface area contributed by atoms with E-state index in [1.165, 1.54) is 50.5 Å². The fourth-order valence-electron chi connectivity index (χ4n) is 2.28. The number of rotatable bonds is 12. The summed E-state index contributed by atoms with van der Waals surface area (Å²) in [6.07, 6.45) is 10.5. The Balaban J connectivity index is 1.79. The minimum absolute atomic E-state index is 0.800. The second-order valence-electron chi connectivity index (χ2n) is 5.25. The molecule has 19 heavy (non-hydrogen) atoms. The molecule has 0 aliphatic rings. The van der Waals surface area contributed by atoms with E-state index < -0.39 is 0 Å². The molecule has 2 heteroatoms. The molecular weight excluding hydrogens is 232 g/mol. The van der Waals surface area contributed by atoms with Gasteiger partial charge in [0.25, 0.3) is 0 Å². The van der Waals surface area contributed by atoms with Gasteiger partial charge < -0.3 is 11.1 Å². The first-order valence-electron chi connectivity index (χ1n) is 7.88. The molecule has 108 valence electrons. The van der Waals surface area contributed by atoms with Crippen molar-refractivity contribution in [1.29, 1.82) is 0 Å². The lowest BCUT2D eigenvalue weighted by molar-refractivity contribution is 0.561. The molecule has 0 unspecified atom stereocenters. The lowest BCUT2D eigenvalue weighted by atomic mass is 10.1. The third kappa shape index (κ3) is 9.69. The molecule has 0 aromatic heterocycles. The zero-order valence-corrected chi connectivity index (χ0v) is 12.2. The topological polar surface area (TPSA) is 38.0 Å². The van der Waals surface area contributed by atoms with Crippen LogP contribution >= 0.6 is 0 Å². The van der Waals surface area contributed by atoms with Gasteiger partial charge in [-0.25, -0.2) is 0 Å². The Kier molecular flexibility index (Phi) is 10.4. The molecule has 1 aromatic rings. The van der Waals surface area contributed by atoms with Crippen molar-refractivity contribution in [1.82, 2.24) is 5.32 Å². The van der Waals surface area contributed by atoms with Crippen molar-refractivity contribution in [2.75, 3.05) is 19.6 Å². The van der Waals surface area contributed by atoms with Crippen LogP contribution in [0.2, 0.25) is 0 Å². The van der Waals surface area contributed by atoms with Gasteiger partial charge in [-0.15, -0.1) is 0 Å². The van der Waals surface area contributed by atoms with Crippen molar-refractivity contribution in [2.45, 2.75) is 51.4 Å². The van der Waals surface area contributed by atoms with Crippen LogP contribution in [0.3, 0.4) is 0 Å². The van der Waals surface area contributed by atoms with Crippen molar-refractivity contribution in [3.8, 4) is 0 Å². The summed E-state index contributed by atoms with van der Waals surface area (Å²) in [5.74, 6) is 0. The van der Waals surface area contributed by atoms with Crippen LogP contribution in [-0.2, 0) is 6.42 Å². The molecule has 2 nitrogen and oxygen atoms in total. The SMILES string of the molecule is NCCCNCCCCCCCCc1ccccc1. The minimum Gasteiger partial charge on any atom is -0.330 e. The maximum absolute atomic E-state index is 5.44. The fourth-order valence-corrected chi connectivity index (χ4v) is 2.28. The van der Waals surface area contributed by atoms with Gasteiger partial charge in [0.05, 0.1) is 0 Å². The lowest BCUT2D eigenvalue weighted by Gasteiger charge is -2.04.